The van der Waals surface area contributed by atoms with E-state index in [1.54, 1.807) is 32.0 Å². The summed E-state index contributed by atoms with van der Waals surface area (Å²) in [6, 6.07) is 6.90. The Hall–Kier alpha value is -3.14. The van der Waals surface area contributed by atoms with Gasteiger partial charge in [0.2, 0.25) is 11.8 Å². The van der Waals surface area contributed by atoms with E-state index in [1.807, 2.05) is 0 Å². The molecule has 1 atom stereocenters. The largest absolute Gasteiger partial charge is 0.476 e. The van der Waals surface area contributed by atoms with E-state index in [2.05, 4.69) is 15.1 Å². The van der Waals surface area contributed by atoms with E-state index in [-0.39, 0.29) is 5.56 Å². The molecule has 0 radical (unpaired) electrons. The lowest BCUT2D eigenvalue weighted by Crippen LogP contribution is -2.43. The number of hydrogen-bond donors (Lipinski definition) is 1. The maximum Gasteiger partial charge on any atom is 0.257 e. The highest BCUT2D eigenvalue weighted by atomic mass is 19.1. The highest BCUT2D eigenvalue weighted by Gasteiger charge is 2.34. The van der Waals surface area contributed by atoms with Crippen molar-refractivity contribution in [1.29, 1.82) is 0 Å². The van der Waals surface area contributed by atoms with Gasteiger partial charge in [-0.15, -0.1) is 10.2 Å². The first-order valence-corrected chi connectivity index (χ1v) is 12.4. The van der Waals surface area contributed by atoms with Gasteiger partial charge in [0.05, 0.1) is 17.9 Å². The molecule has 0 saturated carbocycles. The number of aromatic nitrogens is 2. The van der Waals surface area contributed by atoms with Crippen LogP contribution < -0.4 is 10.5 Å². The van der Waals surface area contributed by atoms with Crippen LogP contribution in [0.25, 0.3) is 11.3 Å². The summed E-state index contributed by atoms with van der Waals surface area (Å²) >= 11 is 0. The lowest BCUT2D eigenvalue weighted by atomic mass is 9.97. The van der Waals surface area contributed by atoms with Gasteiger partial charge in [-0.1, -0.05) is 6.07 Å². The standard InChI is InChI=1S/C26H33F2N5O3/c1-26(2,28)16-32-12-9-17(10-13-32)15-36-23-8-7-21(30-31-23)18-5-6-19(20(27)14-18)25(35)33-11-3-4-22(33)24(29)34/h5-8,14,17,22H,3-4,9-13,15-16H2,1-2H3,(H2,29,34)/t22-/m0/s1. The maximum absolute atomic E-state index is 14.8. The average molecular weight is 502 g/mol. The third-order valence-electron chi connectivity index (χ3n) is 6.75. The highest BCUT2D eigenvalue weighted by Crippen LogP contribution is 2.26. The van der Waals surface area contributed by atoms with E-state index in [4.69, 9.17) is 10.5 Å². The Balaban J connectivity index is 1.32. The van der Waals surface area contributed by atoms with E-state index in [9.17, 15) is 18.4 Å². The predicted molar refractivity (Wildman–Crippen MR) is 131 cm³/mol. The number of primary amides is 1. The van der Waals surface area contributed by atoms with Crippen LogP contribution in [0.2, 0.25) is 0 Å². The molecule has 36 heavy (non-hydrogen) atoms. The second-order valence-corrected chi connectivity index (χ2v) is 10.3. The summed E-state index contributed by atoms with van der Waals surface area (Å²) in [5.74, 6) is -1.08. The molecule has 0 bridgehead atoms. The normalized spacial score (nSPS) is 19.4. The lowest BCUT2D eigenvalue weighted by Gasteiger charge is -2.34. The molecule has 2 aliphatic rings. The number of ether oxygens (including phenoxy) is 1. The Bertz CT molecular complexity index is 1080. The van der Waals surface area contributed by atoms with Crippen LogP contribution in [0.5, 0.6) is 5.88 Å². The van der Waals surface area contributed by atoms with Crippen LogP contribution in [0.4, 0.5) is 8.78 Å². The molecule has 194 valence electrons. The van der Waals surface area contributed by atoms with Crippen molar-refractivity contribution < 1.29 is 23.1 Å². The highest BCUT2D eigenvalue weighted by molar-refractivity contribution is 5.98. The van der Waals surface area contributed by atoms with Gasteiger partial charge in [-0.3, -0.25) is 9.59 Å². The van der Waals surface area contributed by atoms with Crippen LogP contribution in [-0.2, 0) is 4.79 Å². The van der Waals surface area contributed by atoms with Gasteiger partial charge in [0, 0.05) is 24.7 Å². The molecule has 2 amide bonds. The van der Waals surface area contributed by atoms with E-state index in [0.29, 0.717) is 55.6 Å². The Morgan fingerprint density at radius 2 is 1.86 bits per heavy atom. The molecule has 4 rings (SSSR count). The number of hydrogen-bond acceptors (Lipinski definition) is 6. The first-order chi connectivity index (χ1) is 17.1. The monoisotopic (exact) mass is 501 g/mol. The molecule has 0 unspecified atom stereocenters. The minimum atomic E-state index is -1.19. The van der Waals surface area contributed by atoms with Gasteiger partial charge in [-0.05, 0) is 76.7 Å². The second kappa shape index (κ2) is 10.9. The number of nitrogens with two attached hydrogens (primary N) is 1. The maximum atomic E-state index is 14.8. The average Bonchev–Trinajstić information content (AvgIpc) is 3.33. The number of piperidine rings is 1. The minimum Gasteiger partial charge on any atom is -0.476 e. The van der Waals surface area contributed by atoms with E-state index < -0.39 is 29.3 Å². The van der Waals surface area contributed by atoms with Crippen LogP contribution in [-0.4, -0.2) is 76.3 Å². The fourth-order valence-corrected chi connectivity index (χ4v) is 4.91. The number of rotatable bonds is 8. The topological polar surface area (TPSA) is 102 Å². The second-order valence-electron chi connectivity index (χ2n) is 10.3. The van der Waals surface area contributed by atoms with Crippen molar-refractivity contribution in [2.24, 2.45) is 11.7 Å². The van der Waals surface area contributed by atoms with Crippen molar-refractivity contribution in [3.05, 3.63) is 41.7 Å². The Kier molecular flexibility index (Phi) is 7.82. The van der Waals surface area contributed by atoms with E-state index in [1.165, 1.54) is 17.0 Å². The summed E-state index contributed by atoms with van der Waals surface area (Å²) in [5, 5.41) is 8.25. The fourth-order valence-electron chi connectivity index (χ4n) is 4.91. The molecule has 1 aromatic heterocycles. The van der Waals surface area contributed by atoms with Crippen molar-refractivity contribution in [3.63, 3.8) is 0 Å². The number of carbonyl (C=O) groups is 2. The Labute approximate surface area is 209 Å². The summed E-state index contributed by atoms with van der Waals surface area (Å²) in [6.45, 7) is 6.21. The van der Waals surface area contributed by atoms with Gasteiger partial charge in [0.15, 0.2) is 0 Å². The number of carbonyl (C=O) groups excluding carboxylic acids is 2. The molecule has 2 fully saturated rings. The zero-order valence-corrected chi connectivity index (χ0v) is 20.8. The fraction of sp³-hybridized carbons (Fsp3) is 0.538. The molecule has 8 nitrogen and oxygen atoms in total. The molecule has 2 aliphatic heterocycles. The summed E-state index contributed by atoms with van der Waals surface area (Å²) in [6.07, 6.45) is 3.01. The first kappa shape index (κ1) is 25.9. The quantitative estimate of drug-likeness (QED) is 0.596. The minimum absolute atomic E-state index is 0.110. The molecule has 2 saturated heterocycles. The van der Waals surface area contributed by atoms with Crippen molar-refractivity contribution in [2.75, 3.05) is 32.8 Å². The summed E-state index contributed by atoms with van der Waals surface area (Å²) in [7, 11) is 0. The van der Waals surface area contributed by atoms with Crippen LogP contribution >= 0.6 is 0 Å². The van der Waals surface area contributed by atoms with Crippen molar-refractivity contribution in [1.82, 2.24) is 20.0 Å². The number of benzene rings is 1. The Morgan fingerprint density at radius 1 is 1.11 bits per heavy atom. The van der Waals surface area contributed by atoms with Crippen LogP contribution in [0.15, 0.2) is 30.3 Å². The zero-order chi connectivity index (χ0) is 25.9. The van der Waals surface area contributed by atoms with Crippen molar-refractivity contribution in [2.45, 2.75) is 51.2 Å². The van der Waals surface area contributed by atoms with Crippen LogP contribution in [0, 0.1) is 11.7 Å². The molecule has 0 spiro atoms. The van der Waals surface area contributed by atoms with Gasteiger partial charge in [0.1, 0.15) is 17.5 Å². The number of nitrogens with zero attached hydrogens (tertiary/aromatic N) is 4. The third-order valence-corrected chi connectivity index (χ3v) is 6.75. The smallest absolute Gasteiger partial charge is 0.257 e. The van der Waals surface area contributed by atoms with Crippen molar-refractivity contribution in [3.8, 4) is 17.1 Å². The number of halogens is 2. The molecular formula is C26H33F2N5O3. The number of alkyl halides is 1. The lowest BCUT2D eigenvalue weighted by molar-refractivity contribution is -0.121. The zero-order valence-electron chi connectivity index (χ0n) is 20.8. The molecule has 2 N–H and O–H groups in total. The molecular weight excluding hydrogens is 468 g/mol. The third kappa shape index (κ3) is 6.34. The SMILES string of the molecule is CC(C)(F)CN1CCC(COc2ccc(-c3ccc(C(=O)N4CCC[C@H]4C(N)=O)c(F)c3)nn2)CC1. The molecule has 2 aromatic rings. The van der Waals surface area contributed by atoms with Gasteiger partial charge in [0.25, 0.3) is 5.91 Å². The van der Waals surface area contributed by atoms with E-state index in [0.717, 1.165) is 25.9 Å². The Morgan fingerprint density at radius 3 is 2.47 bits per heavy atom. The van der Waals surface area contributed by atoms with Crippen LogP contribution in [0.1, 0.15) is 49.9 Å². The van der Waals surface area contributed by atoms with Crippen LogP contribution in [0.3, 0.4) is 0 Å². The molecule has 1 aromatic carbocycles. The first-order valence-electron chi connectivity index (χ1n) is 12.4. The van der Waals surface area contributed by atoms with E-state index >= 15 is 0 Å². The number of amides is 2. The van der Waals surface area contributed by atoms with Crippen molar-refractivity contribution >= 4 is 11.8 Å². The summed E-state index contributed by atoms with van der Waals surface area (Å²) in [4.78, 5) is 27.8. The number of likely N-dealkylation sites (tertiary alicyclic amines) is 2. The predicted octanol–water partition coefficient (Wildman–Crippen LogP) is 3.21. The van der Waals surface area contributed by atoms with Gasteiger partial charge in [-0.25, -0.2) is 8.78 Å². The van der Waals surface area contributed by atoms with Gasteiger partial charge in [-0.2, -0.15) is 0 Å². The summed E-state index contributed by atoms with van der Waals surface area (Å²) in [5.41, 5.74) is 4.99. The molecule has 3 heterocycles. The molecule has 10 heteroatoms. The summed E-state index contributed by atoms with van der Waals surface area (Å²) < 4.78 is 34.5. The van der Waals surface area contributed by atoms with Gasteiger partial charge >= 0.3 is 0 Å². The van der Waals surface area contributed by atoms with Gasteiger partial charge < -0.3 is 20.3 Å². The molecule has 0 aliphatic carbocycles.